The van der Waals surface area contributed by atoms with Crippen LogP contribution in [-0.4, -0.2) is 6.04 Å². The summed E-state index contributed by atoms with van der Waals surface area (Å²) in [7, 11) is 0. The Morgan fingerprint density at radius 3 is 2.62 bits per heavy atom. The van der Waals surface area contributed by atoms with Gasteiger partial charge < -0.3 is 10.1 Å². The van der Waals surface area contributed by atoms with Crippen molar-refractivity contribution in [1.29, 1.82) is 0 Å². The van der Waals surface area contributed by atoms with E-state index in [1.54, 1.807) is 0 Å². The second kappa shape index (κ2) is 6.39. The molecule has 0 aliphatic heterocycles. The van der Waals surface area contributed by atoms with Gasteiger partial charge in [0.25, 0.3) is 0 Å². The fourth-order valence-corrected chi connectivity index (χ4v) is 2.93. The van der Waals surface area contributed by atoms with E-state index in [0.29, 0.717) is 5.02 Å². The van der Waals surface area contributed by atoms with Crippen LogP contribution >= 0.6 is 27.5 Å². The summed E-state index contributed by atoms with van der Waals surface area (Å²) in [6.07, 6.45) is 2.62. The van der Waals surface area contributed by atoms with Crippen molar-refractivity contribution >= 4 is 27.5 Å². The molecule has 1 aliphatic carbocycles. The zero-order chi connectivity index (χ0) is 14.8. The molecule has 1 N–H and O–H groups in total. The number of aryl methyl sites for hydroxylation is 1. The van der Waals surface area contributed by atoms with Gasteiger partial charge in [0.15, 0.2) is 0 Å². The smallest absolute Gasteiger partial charge is 0.141 e. The summed E-state index contributed by atoms with van der Waals surface area (Å²) in [6, 6.07) is 12.6. The predicted octanol–water partition coefficient (Wildman–Crippen LogP) is 5.46. The van der Waals surface area contributed by atoms with E-state index in [1.165, 1.54) is 18.4 Å². The Bertz CT molecular complexity index is 655. The first-order valence-electron chi connectivity index (χ1n) is 7.07. The van der Waals surface area contributed by atoms with Crippen LogP contribution in [0.15, 0.2) is 40.9 Å². The molecule has 0 bridgehead atoms. The summed E-state index contributed by atoms with van der Waals surface area (Å²) >= 11 is 9.42. The van der Waals surface area contributed by atoms with Gasteiger partial charge in [0.1, 0.15) is 11.5 Å². The van der Waals surface area contributed by atoms with Gasteiger partial charge >= 0.3 is 0 Å². The summed E-state index contributed by atoms with van der Waals surface area (Å²) in [5, 5.41) is 4.21. The molecule has 0 unspecified atom stereocenters. The maximum absolute atomic E-state index is 5.96. The maximum atomic E-state index is 5.96. The fraction of sp³-hybridized carbons (Fsp3) is 0.294. The van der Waals surface area contributed by atoms with Gasteiger partial charge in [-0.25, -0.2) is 0 Å². The molecule has 21 heavy (non-hydrogen) atoms. The van der Waals surface area contributed by atoms with Gasteiger partial charge in [-0.15, -0.1) is 0 Å². The van der Waals surface area contributed by atoms with Crippen LogP contribution in [0.4, 0.5) is 0 Å². The van der Waals surface area contributed by atoms with Crippen LogP contribution in [0.5, 0.6) is 11.5 Å². The number of hydrogen-bond donors (Lipinski definition) is 1. The van der Waals surface area contributed by atoms with Crippen LogP contribution in [0.3, 0.4) is 0 Å². The van der Waals surface area contributed by atoms with Crippen molar-refractivity contribution in [3.8, 4) is 11.5 Å². The van der Waals surface area contributed by atoms with Crippen molar-refractivity contribution in [2.24, 2.45) is 0 Å². The lowest BCUT2D eigenvalue weighted by Crippen LogP contribution is -2.15. The standard InChI is InChI=1S/C17H17BrClNO/c1-11-8-12(10-20-14-4-5-14)2-6-16(11)21-17-7-3-13(19)9-15(17)18/h2-3,6-9,14,20H,4-5,10H2,1H3. The van der Waals surface area contributed by atoms with E-state index >= 15 is 0 Å². The lowest BCUT2D eigenvalue weighted by atomic mass is 10.1. The number of ether oxygens (including phenoxy) is 1. The van der Waals surface area contributed by atoms with Crippen LogP contribution in [-0.2, 0) is 6.54 Å². The SMILES string of the molecule is Cc1cc(CNC2CC2)ccc1Oc1ccc(Cl)cc1Br. The zero-order valence-electron chi connectivity index (χ0n) is 11.8. The lowest BCUT2D eigenvalue weighted by molar-refractivity contribution is 0.475. The first-order chi connectivity index (χ1) is 10.1. The van der Waals surface area contributed by atoms with Gasteiger partial charge in [-0.05, 0) is 71.1 Å². The minimum atomic E-state index is 0.687. The average Bonchev–Trinajstić information content (AvgIpc) is 3.26. The molecule has 2 aromatic rings. The van der Waals surface area contributed by atoms with Crippen molar-refractivity contribution in [3.05, 3.63) is 57.0 Å². The molecule has 110 valence electrons. The van der Waals surface area contributed by atoms with Gasteiger partial charge in [0, 0.05) is 17.6 Å². The number of nitrogens with one attached hydrogen (secondary N) is 1. The van der Waals surface area contributed by atoms with E-state index in [9.17, 15) is 0 Å². The molecule has 0 amide bonds. The maximum Gasteiger partial charge on any atom is 0.141 e. The highest BCUT2D eigenvalue weighted by atomic mass is 79.9. The van der Waals surface area contributed by atoms with Gasteiger partial charge in [-0.3, -0.25) is 0 Å². The Morgan fingerprint density at radius 2 is 1.95 bits per heavy atom. The molecule has 2 aromatic carbocycles. The molecule has 1 saturated carbocycles. The number of hydrogen-bond acceptors (Lipinski definition) is 2. The highest BCUT2D eigenvalue weighted by molar-refractivity contribution is 9.10. The molecule has 1 aliphatic rings. The first kappa shape index (κ1) is 14.9. The van der Waals surface area contributed by atoms with Crippen molar-refractivity contribution in [3.63, 3.8) is 0 Å². The van der Waals surface area contributed by atoms with Crippen molar-refractivity contribution in [2.45, 2.75) is 32.4 Å². The van der Waals surface area contributed by atoms with Gasteiger partial charge in [-0.1, -0.05) is 23.7 Å². The molecule has 0 saturated heterocycles. The fourth-order valence-electron chi connectivity index (χ4n) is 2.16. The molecule has 0 radical (unpaired) electrons. The van der Waals surface area contributed by atoms with E-state index in [1.807, 2.05) is 24.3 Å². The van der Waals surface area contributed by atoms with E-state index in [4.69, 9.17) is 16.3 Å². The Labute approximate surface area is 138 Å². The van der Waals surface area contributed by atoms with Crippen LogP contribution in [0.25, 0.3) is 0 Å². The molecule has 0 atom stereocenters. The minimum Gasteiger partial charge on any atom is -0.456 e. The van der Waals surface area contributed by atoms with Crippen molar-refractivity contribution in [2.75, 3.05) is 0 Å². The molecule has 3 rings (SSSR count). The summed E-state index contributed by atoms with van der Waals surface area (Å²) < 4.78 is 6.82. The minimum absolute atomic E-state index is 0.687. The topological polar surface area (TPSA) is 21.3 Å². The second-order valence-electron chi connectivity index (χ2n) is 5.43. The predicted molar refractivity (Wildman–Crippen MR) is 90.3 cm³/mol. The monoisotopic (exact) mass is 365 g/mol. The summed E-state index contributed by atoms with van der Waals surface area (Å²) in [5.41, 5.74) is 2.42. The highest BCUT2D eigenvalue weighted by Crippen LogP contribution is 2.33. The van der Waals surface area contributed by atoms with Gasteiger partial charge in [-0.2, -0.15) is 0 Å². The van der Waals surface area contributed by atoms with Crippen molar-refractivity contribution < 1.29 is 4.74 Å². The molecule has 0 heterocycles. The quantitative estimate of drug-likeness (QED) is 0.759. The average molecular weight is 367 g/mol. The number of rotatable bonds is 5. The number of benzene rings is 2. The molecule has 0 aromatic heterocycles. The van der Waals surface area contributed by atoms with Gasteiger partial charge in [0.05, 0.1) is 4.47 Å². The Hall–Kier alpha value is -1.03. The Morgan fingerprint density at radius 1 is 1.19 bits per heavy atom. The molecule has 4 heteroatoms. The van der Waals surface area contributed by atoms with Crippen LogP contribution in [0.1, 0.15) is 24.0 Å². The largest absolute Gasteiger partial charge is 0.456 e. The van der Waals surface area contributed by atoms with Crippen LogP contribution < -0.4 is 10.1 Å². The first-order valence-corrected chi connectivity index (χ1v) is 8.25. The lowest BCUT2D eigenvalue weighted by Gasteiger charge is -2.12. The molecule has 2 nitrogen and oxygen atoms in total. The Kier molecular flexibility index (Phi) is 4.53. The third-order valence-electron chi connectivity index (χ3n) is 3.53. The second-order valence-corrected chi connectivity index (χ2v) is 6.72. The van der Waals surface area contributed by atoms with Crippen LogP contribution in [0, 0.1) is 6.92 Å². The van der Waals surface area contributed by atoms with E-state index in [0.717, 1.165) is 34.1 Å². The third-order valence-corrected chi connectivity index (χ3v) is 4.38. The van der Waals surface area contributed by atoms with E-state index in [-0.39, 0.29) is 0 Å². The van der Waals surface area contributed by atoms with Gasteiger partial charge in [0.2, 0.25) is 0 Å². The van der Waals surface area contributed by atoms with E-state index in [2.05, 4.69) is 40.3 Å². The summed E-state index contributed by atoms with van der Waals surface area (Å²) in [6.45, 7) is 3.00. The van der Waals surface area contributed by atoms with Crippen molar-refractivity contribution in [1.82, 2.24) is 5.32 Å². The molecule has 1 fully saturated rings. The number of halogens is 2. The third kappa shape index (κ3) is 4.00. The zero-order valence-corrected chi connectivity index (χ0v) is 14.2. The molecular formula is C17H17BrClNO. The molecular weight excluding hydrogens is 350 g/mol. The summed E-state index contributed by atoms with van der Waals surface area (Å²) in [5.74, 6) is 1.64. The molecule has 0 spiro atoms. The summed E-state index contributed by atoms with van der Waals surface area (Å²) in [4.78, 5) is 0. The normalized spacial score (nSPS) is 14.2. The van der Waals surface area contributed by atoms with Crippen LogP contribution in [0.2, 0.25) is 5.02 Å². The highest BCUT2D eigenvalue weighted by Gasteiger charge is 2.20. The van der Waals surface area contributed by atoms with E-state index < -0.39 is 0 Å². The Balaban J connectivity index is 1.72.